The van der Waals surface area contributed by atoms with Crippen LogP contribution in [0.25, 0.3) is 0 Å². The van der Waals surface area contributed by atoms with Gasteiger partial charge in [-0.1, -0.05) is 0 Å². The fraction of sp³-hybridized carbons (Fsp3) is 0.444. The molecule has 1 rings (SSSR count). The Morgan fingerprint density at radius 1 is 1.56 bits per heavy atom. The largest absolute Gasteiger partial charge is 0.385 e. The lowest BCUT2D eigenvalue weighted by Crippen LogP contribution is -2.18. The van der Waals surface area contributed by atoms with Gasteiger partial charge in [-0.25, -0.2) is 8.42 Å². The lowest BCUT2D eigenvalue weighted by atomic mass is 10.4. The quantitative estimate of drug-likeness (QED) is 0.811. The van der Waals surface area contributed by atoms with Gasteiger partial charge in [-0.3, -0.25) is 9.71 Å². The van der Waals surface area contributed by atoms with E-state index in [0.29, 0.717) is 23.2 Å². The zero-order chi connectivity index (χ0) is 12.0. The Bertz CT molecular complexity index is 436. The van der Waals surface area contributed by atoms with Crippen LogP contribution in [0.3, 0.4) is 0 Å². The molecular formula is C9H13BrN2O3S. The molecule has 90 valence electrons. The highest BCUT2D eigenvalue weighted by atomic mass is 79.9. The van der Waals surface area contributed by atoms with E-state index in [1.165, 1.54) is 12.4 Å². The van der Waals surface area contributed by atoms with Gasteiger partial charge in [0.2, 0.25) is 10.0 Å². The molecule has 0 radical (unpaired) electrons. The third-order valence-corrected chi connectivity index (χ3v) is 3.79. The number of rotatable bonds is 6. The summed E-state index contributed by atoms with van der Waals surface area (Å²) in [4.78, 5) is 3.85. The van der Waals surface area contributed by atoms with Crippen molar-refractivity contribution in [1.29, 1.82) is 0 Å². The van der Waals surface area contributed by atoms with Gasteiger partial charge in [0, 0.05) is 26.1 Å². The van der Waals surface area contributed by atoms with E-state index in [9.17, 15) is 8.42 Å². The fourth-order valence-corrected chi connectivity index (χ4v) is 2.66. The van der Waals surface area contributed by atoms with Crippen LogP contribution in [0.2, 0.25) is 0 Å². The van der Waals surface area contributed by atoms with E-state index in [1.54, 1.807) is 13.2 Å². The summed E-state index contributed by atoms with van der Waals surface area (Å²) < 4.78 is 31.1. The zero-order valence-electron chi connectivity index (χ0n) is 8.81. The van der Waals surface area contributed by atoms with Gasteiger partial charge in [0.25, 0.3) is 0 Å². The van der Waals surface area contributed by atoms with Crippen molar-refractivity contribution < 1.29 is 13.2 Å². The summed E-state index contributed by atoms with van der Waals surface area (Å²) >= 11 is 3.22. The van der Waals surface area contributed by atoms with Crippen molar-refractivity contribution in [2.45, 2.75) is 6.42 Å². The van der Waals surface area contributed by atoms with Crippen molar-refractivity contribution in [1.82, 2.24) is 4.98 Å². The first kappa shape index (κ1) is 13.4. The van der Waals surface area contributed by atoms with E-state index >= 15 is 0 Å². The normalized spacial score (nSPS) is 11.4. The predicted octanol–water partition coefficient (Wildman–Crippen LogP) is 1.62. The van der Waals surface area contributed by atoms with Crippen molar-refractivity contribution >= 4 is 31.6 Å². The number of halogens is 1. The van der Waals surface area contributed by atoms with E-state index in [-0.39, 0.29) is 5.75 Å². The standard InChI is InChI=1S/C9H13BrN2O3S/c1-15-5-2-6-16(13,14)12-9-3-4-11-7-8(9)10/h3-4,7H,2,5-6H2,1H3,(H,11,12). The van der Waals surface area contributed by atoms with Crippen molar-refractivity contribution in [3.8, 4) is 0 Å². The molecule has 0 aromatic carbocycles. The fourth-order valence-electron chi connectivity index (χ4n) is 1.07. The number of hydrogen-bond acceptors (Lipinski definition) is 4. The number of anilines is 1. The third kappa shape index (κ3) is 4.46. The number of aromatic nitrogens is 1. The van der Waals surface area contributed by atoms with Crippen LogP contribution in [0.15, 0.2) is 22.9 Å². The van der Waals surface area contributed by atoms with Gasteiger partial charge < -0.3 is 4.74 Å². The Kier molecular flexibility index (Phi) is 5.17. The average molecular weight is 309 g/mol. The summed E-state index contributed by atoms with van der Waals surface area (Å²) in [6.07, 6.45) is 3.53. The summed E-state index contributed by atoms with van der Waals surface area (Å²) in [5.41, 5.74) is 0.493. The SMILES string of the molecule is COCCCS(=O)(=O)Nc1ccncc1Br. The van der Waals surface area contributed by atoms with Crippen LogP contribution in [0.1, 0.15) is 6.42 Å². The molecule has 5 nitrogen and oxygen atoms in total. The molecule has 0 saturated carbocycles. The molecule has 0 aliphatic rings. The number of methoxy groups -OCH3 is 1. The van der Waals surface area contributed by atoms with E-state index in [4.69, 9.17) is 4.74 Å². The van der Waals surface area contributed by atoms with Crippen molar-refractivity contribution in [3.05, 3.63) is 22.9 Å². The van der Waals surface area contributed by atoms with Crippen molar-refractivity contribution in [2.75, 3.05) is 24.2 Å². The summed E-state index contributed by atoms with van der Waals surface area (Å²) in [7, 11) is -1.78. The van der Waals surface area contributed by atoms with Gasteiger partial charge in [-0.05, 0) is 28.4 Å². The second-order valence-electron chi connectivity index (χ2n) is 3.12. The van der Waals surface area contributed by atoms with Crippen molar-refractivity contribution in [2.24, 2.45) is 0 Å². The van der Waals surface area contributed by atoms with Crippen LogP contribution < -0.4 is 4.72 Å². The van der Waals surface area contributed by atoms with Gasteiger partial charge in [0.15, 0.2) is 0 Å². The maximum absolute atomic E-state index is 11.6. The summed E-state index contributed by atoms with van der Waals surface area (Å²) in [6.45, 7) is 0.429. The monoisotopic (exact) mass is 308 g/mol. The number of sulfonamides is 1. The van der Waals surface area contributed by atoms with E-state index < -0.39 is 10.0 Å². The minimum absolute atomic E-state index is 0.0373. The van der Waals surface area contributed by atoms with Crippen LogP contribution in [0.4, 0.5) is 5.69 Å². The number of ether oxygens (including phenoxy) is 1. The molecule has 0 bridgehead atoms. The van der Waals surface area contributed by atoms with Crippen LogP contribution in [0.5, 0.6) is 0 Å². The minimum atomic E-state index is -3.32. The van der Waals surface area contributed by atoms with Crippen LogP contribution in [-0.4, -0.2) is 32.9 Å². The van der Waals surface area contributed by atoms with Crippen molar-refractivity contribution in [3.63, 3.8) is 0 Å². The average Bonchev–Trinajstić information content (AvgIpc) is 2.21. The van der Waals surface area contributed by atoms with Crippen LogP contribution in [0, 0.1) is 0 Å². The molecule has 0 aliphatic carbocycles. The molecule has 1 N–H and O–H groups in total. The zero-order valence-corrected chi connectivity index (χ0v) is 11.2. The molecule has 0 aliphatic heterocycles. The Hall–Kier alpha value is -0.660. The van der Waals surface area contributed by atoms with Gasteiger partial charge in [0.1, 0.15) is 0 Å². The molecule has 0 saturated heterocycles. The summed E-state index contributed by atoms with van der Waals surface area (Å²) in [5, 5.41) is 0. The second kappa shape index (κ2) is 6.17. The number of nitrogens with zero attached hydrogens (tertiary/aromatic N) is 1. The summed E-state index contributed by atoms with van der Waals surface area (Å²) in [5.74, 6) is 0.0373. The Labute approximate surface area is 103 Å². The maximum atomic E-state index is 11.6. The molecule has 0 spiro atoms. The maximum Gasteiger partial charge on any atom is 0.232 e. The highest BCUT2D eigenvalue weighted by Crippen LogP contribution is 2.21. The predicted molar refractivity (Wildman–Crippen MR) is 65.8 cm³/mol. The first-order chi connectivity index (χ1) is 7.55. The highest BCUT2D eigenvalue weighted by Gasteiger charge is 2.11. The molecule has 1 heterocycles. The number of pyridine rings is 1. The molecule has 1 aromatic heterocycles. The number of nitrogens with one attached hydrogen (secondary N) is 1. The van der Waals surface area contributed by atoms with E-state index in [2.05, 4.69) is 25.6 Å². The molecule has 1 aromatic rings. The minimum Gasteiger partial charge on any atom is -0.385 e. The lowest BCUT2D eigenvalue weighted by molar-refractivity contribution is 0.199. The highest BCUT2D eigenvalue weighted by molar-refractivity contribution is 9.10. The van der Waals surface area contributed by atoms with E-state index in [1.807, 2.05) is 0 Å². The topological polar surface area (TPSA) is 68.3 Å². The van der Waals surface area contributed by atoms with Gasteiger partial charge >= 0.3 is 0 Å². The molecule has 7 heteroatoms. The Balaban J connectivity index is 2.63. The second-order valence-corrected chi connectivity index (χ2v) is 5.82. The van der Waals surface area contributed by atoms with Crippen LogP contribution in [-0.2, 0) is 14.8 Å². The molecule has 16 heavy (non-hydrogen) atoms. The third-order valence-electron chi connectivity index (χ3n) is 1.80. The van der Waals surface area contributed by atoms with E-state index in [0.717, 1.165) is 0 Å². The first-order valence-corrected chi connectivity index (χ1v) is 7.08. The first-order valence-electron chi connectivity index (χ1n) is 4.64. The Morgan fingerprint density at radius 3 is 2.94 bits per heavy atom. The van der Waals surface area contributed by atoms with Gasteiger partial charge in [0.05, 0.1) is 15.9 Å². The smallest absolute Gasteiger partial charge is 0.232 e. The lowest BCUT2D eigenvalue weighted by Gasteiger charge is -2.08. The molecule has 0 amide bonds. The molecular weight excluding hydrogens is 296 g/mol. The number of hydrogen-bond donors (Lipinski definition) is 1. The molecule has 0 fully saturated rings. The van der Waals surface area contributed by atoms with Gasteiger partial charge in [-0.15, -0.1) is 0 Å². The van der Waals surface area contributed by atoms with Gasteiger partial charge in [-0.2, -0.15) is 0 Å². The molecule has 0 unspecified atom stereocenters. The Morgan fingerprint density at radius 2 is 2.31 bits per heavy atom. The summed E-state index contributed by atoms with van der Waals surface area (Å²) in [6, 6.07) is 1.60. The van der Waals surface area contributed by atoms with Crippen LogP contribution >= 0.6 is 15.9 Å². The molecule has 0 atom stereocenters.